The number of hydrogen-bond donors (Lipinski definition) is 1. The number of likely N-dealkylation sites (tertiary alicyclic amines) is 1. The Bertz CT molecular complexity index is 747. The molecule has 126 valence electrons. The van der Waals surface area contributed by atoms with Gasteiger partial charge in [0.25, 0.3) is 5.91 Å². The van der Waals surface area contributed by atoms with Gasteiger partial charge in [0, 0.05) is 18.5 Å². The quantitative estimate of drug-likeness (QED) is 0.900. The van der Waals surface area contributed by atoms with Crippen LogP contribution in [0.5, 0.6) is 5.75 Å². The molecule has 0 bridgehead atoms. The Morgan fingerprint density at radius 1 is 1.42 bits per heavy atom. The van der Waals surface area contributed by atoms with Crippen molar-refractivity contribution in [3.05, 3.63) is 46.4 Å². The largest absolute Gasteiger partial charge is 0.486 e. The first-order valence-electron chi connectivity index (χ1n) is 7.61. The smallest absolute Gasteiger partial charge is 0.311 e. The molecule has 3 rings (SSSR count). The lowest BCUT2D eigenvalue weighted by Crippen LogP contribution is -2.35. The molecule has 1 N–H and O–H groups in total. The number of carboxylic acid groups (broad SMARTS) is 1. The monoisotopic (exact) mass is 346 g/mol. The maximum Gasteiger partial charge on any atom is 0.311 e. The SMILES string of the molecule is CC1(C(=O)O)CCN(C(=O)c2ccccc2OCc2cscn2)C1. The minimum atomic E-state index is -0.883. The lowest BCUT2D eigenvalue weighted by atomic mass is 9.90. The number of benzene rings is 1. The number of carbonyl (C=O) groups excluding carboxylic acids is 1. The summed E-state index contributed by atoms with van der Waals surface area (Å²) in [5.41, 5.74) is 2.10. The fourth-order valence-electron chi connectivity index (χ4n) is 2.71. The maximum absolute atomic E-state index is 12.8. The molecule has 1 amide bonds. The average Bonchev–Trinajstić information content (AvgIpc) is 3.23. The summed E-state index contributed by atoms with van der Waals surface area (Å²) < 4.78 is 5.74. The van der Waals surface area contributed by atoms with Gasteiger partial charge >= 0.3 is 5.97 Å². The summed E-state index contributed by atoms with van der Waals surface area (Å²) in [6.07, 6.45) is 0.454. The van der Waals surface area contributed by atoms with E-state index < -0.39 is 11.4 Å². The van der Waals surface area contributed by atoms with Gasteiger partial charge in [-0.3, -0.25) is 9.59 Å². The molecule has 0 saturated carbocycles. The molecule has 1 aromatic carbocycles. The van der Waals surface area contributed by atoms with Crippen LogP contribution in [0.3, 0.4) is 0 Å². The molecule has 0 spiro atoms. The highest BCUT2D eigenvalue weighted by atomic mass is 32.1. The van der Waals surface area contributed by atoms with E-state index in [1.54, 1.807) is 41.6 Å². The van der Waals surface area contributed by atoms with Crippen LogP contribution in [0.4, 0.5) is 0 Å². The first-order valence-corrected chi connectivity index (χ1v) is 8.55. The molecule has 1 saturated heterocycles. The van der Waals surface area contributed by atoms with Gasteiger partial charge in [0.2, 0.25) is 0 Å². The van der Waals surface area contributed by atoms with Gasteiger partial charge in [-0.2, -0.15) is 0 Å². The Morgan fingerprint density at radius 2 is 2.21 bits per heavy atom. The first-order chi connectivity index (χ1) is 11.5. The molecular weight excluding hydrogens is 328 g/mol. The standard InChI is InChI=1S/C17H18N2O4S/c1-17(16(21)22)6-7-19(10-17)15(20)13-4-2-3-5-14(13)23-8-12-9-24-11-18-12/h2-5,9,11H,6-8,10H2,1H3,(H,21,22). The van der Waals surface area contributed by atoms with Crippen molar-refractivity contribution in [3.63, 3.8) is 0 Å². The number of aromatic nitrogens is 1. The van der Waals surface area contributed by atoms with E-state index in [4.69, 9.17) is 4.74 Å². The number of hydrogen-bond acceptors (Lipinski definition) is 5. The number of rotatable bonds is 5. The van der Waals surface area contributed by atoms with Crippen molar-refractivity contribution in [3.8, 4) is 5.75 Å². The predicted molar refractivity (Wildman–Crippen MR) is 89.2 cm³/mol. The van der Waals surface area contributed by atoms with Crippen molar-refractivity contribution in [2.45, 2.75) is 20.0 Å². The van der Waals surface area contributed by atoms with Gasteiger partial charge in [0.05, 0.1) is 22.2 Å². The molecule has 2 heterocycles. The van der Waals surface area contributed by atoms with Crippen LogP contribution >= 0.6 is 11.3 Å². The number of para-hydroxylation sites is 1. The molecule has 24 heavy (non-hydrogen) atoms. The molecule has 1 unspecified atom stereocenters. The zero-order valence-electron chi connectivity index (χ0n) is 13.3. The maximum atomic E-state index is 12.8. The fourth-order valence-corrected chi connectivity index (χ4v) is 3.25. The van der Waals surface area contributed by atoms with Crippen molar-refractivity contribution in [2.75, 3.05) is 13.1 Å². The minimum Gasteiger partial charge on any atom is -0.486 e. The molecule has 6 nitrogen and oxygen atoms in total. The number of ether oxygens (including phenoxy) is 1. The number of aliphatic carboxylic acids is 1. The lowest BCUT2D eigenvalue weighted by Gasteiger charge is -2.21. The van der Waals surface area contributed by atoms with E-state index in [2.05, 4.69) is 4.98 Å². The van der Waals surface area contributed by atoms with Crippen LogP contribution in [-0.2, 0) is 11.4 Å². The van der Waals surface area contributed by atoms with E-state index in [9.17, 15) is 14.7 Å². The van der Waals surface area contributed by atoms with E-state index in [0.717, 1.165) is 5.69 Å². The molecule has 0 aliphatic carbocycles. The van der Waals surface area contributed by atoms with E-state index in [1.807, 2.05) is 5.38 Å². The number of amides is 1. The van der Waals surface area contributed by atoms with Crippen LogP contribution < -0.4 is 4.74 Å². The van der Waals surface area contributed by atoms with E-state index in [1.165, 1.54) is 11.3 Å². The molecule has 1 aliphatic heterocycles. The van der Waals surface area contributed by atoms with Crippen LogP contribution in [0.15, 0.2) is 35.2 Å². The highest BCUT2D eigenvalue weighted by Crippen LogP contribution is 2.32. The molecule has 1 fully saturated rings. The van der Waals surface area contributed by atoms with Gasteiger partial charge in [-0.15, -0.1) is 11.3 Å². The zero-order chi connectivity index (χ0) is 17.2. The van der Waals surface area contributed by atoms with Gasteiger partial charge < -0.3 is 14.7 Å². The average molecular weight is 346 g/mol. The Balaban J connectivity index is 1.74. The summed E-state index contributed by atoms with van der Waals surface area (Å²) in [5, 5.41) is 11.2. The second-order valence-corrected chi connectivity index (χ2v) is 6.83. The molecule has 2 aromatic rings. The minimum absolute atomic E-state index is 0.200. The highest BCUT2D eigenvalue weighted by Gasteiger charge is 2.42. The first kappa shape index (κ1) is 16.4. The molecule has 1 aromatic heterocycles. The predicted octanol–water partition coefficient (Wildman–Crippen LogP) is 2.66. The Labute approximate surface area is 143 Å². The van der Waals surface area contributed by atoms with Crippen molar-refractivity contribution in [1.29, 1.82) is 0 Å². The molecular formula is C17H18N2O4S. The summed E-state index contributed by atoms with van der Waals surface area (Å²) in [4.78, 5) is 29.9. The lowest BCUT2D eigenvalue weighted by molar-refractivity contribution is -0.147. The number of nitrogens with zero attached hydrogens (tertiary/aromatic N) is 2. The summed E-state index contributed by atoms with van der Waals surface area (Å²) in [6.45, 7) is 2.61. The highest BCUT2D eigenvalue weighted by molar-refractivity contribution is 7.07. The van der Waals surface area contributed by atoms with Crippen LogP contribution in [0.1, 0.15) is 29.4 Å². The van der Waals surface area contributed by atoms with Gasteiger partial charge in [0.15, 0.2) is 0 Å². The van der Waals surface area contributed by atoms with Gasteiger partial charge in [-0.1, -0.05) is 12.1 Å². The molecule has 0 radical (unpaired) electrons. The Kier molecular flexibility index (Phi) is 4.53. The summed E-state index contributed by atoms with van der Waals surface area (Å²) in [5.74, 6) is -0.584. The van der Waals surface area contributed by atoms with Crippen LogP contribution in [-0.4, -0.2) is 40.0 Å². The third-order valence-electron chi connectivity index (χ3n) is 4.25. The van der Waals surface area contributed by atoms with Crippen molar-refractivity contribution in [1.82, 2.24) is 9.88 Å². The summed E-state index contributed by atoms with van der Waals surface area (Å²) in [6, 6.07) is 7.02. The summed E-state index contributed by atoms with van der Waals surface area (Å²) >= 11 is 1.49. The van der Waals surface area contributed by atoms with Crippen molar-refractivity contribution in [2.24, 2.45) is 5.41 Å². The fraction of sp³-hybridized carbons (Fsp3) is 0.353. The van der Waals surface area contributed by atoms with Crippen LogP contribution in [0.25, 0.3) is 0 Å². The third-order valence-corrected chi connectivity index (χ3v) is 4.89. The molecule has 1 atom stereocenters. The van der Waals surface area contributed by atoms with Crippen molar-refractivity contribution >= 4 is 23.2 Å². The van der Waals surface area contributed by atoms with Crippen LogP contribution in [0, 0.1) is 5.41 Å². The Morgan fingerprint density at radius 3 is 2.88 bits per heavy atom. The second-order valence-electron chi connectivity index (χ2n) is 6.11. The Hall–Kier alpha value is -2.41. The van der Waals surface area contributed by atoms with Gasteiger partial charge in [-0.05, 0) is 25.5 Å². The summed E-state index contributed by atoms with van der Waals surface area (Å²) in [7, 11) is 0. The van der Waals surface area contributed by atoms with Gasteiger partial charge in [0.1, 0.15) is 12.4 Å². The zero-order valence-corrected chi connectivity index (χ0v) is 14.1. The topological polar surface area (TPSA) is 79.7 Å². The number of carboxylic acids is 1. The second kappa shape index (κ2) is 6.60. The van der Waals surface area contributed by atoms with Crippen LogP contribution in [0.2, 0.25) is 0 Å². The third kappa shape index (κ3) is 3.26. The van der Waals surface area contributed by atoms with Gasteiger partial charge in [-0.25, -0.2) is 4.98 Å². The molecule has 7 heteroatoms. The molecule has 1 aliphatic rings. The van der Waals surface area contributed by atoms with E-state index in [-0.39, 0.29) is 12.5 Å². The van der Waals surface area contributed by atoms with E-state index >= 15 is 0 Å². The number of carbonyl (C=O) groups is 2. The van der Waals surface area contributed by atoms with E-state index in [0.29, 0.717) is 30.9 Å². The normalized spacial score (nSPS) is 20.1. The number of thiazole rings is 1. The van der Waals surface area contributed by atoms with Crippen molar-refractivity contribution < 1.29 is 19.4 Å².